The molecule has 2 fully saturated rings. The van der Waals surface area contributed by atoms with E-state index < -0.39 is 0 Å². The molecule has 4 rings (SSSR count). The summed E-state index contributed by atoms with van der Waals surface area (Å²) in [6.07, 6.45) is 10.2. The molecule has 144 valence electrons. The fourth-order valence-corrected chi connectivity index (χ4v) is 4.83. The quantitative estimate of drug-likeness (QED) is 0.841. The molecule has 3 aliphatic rings. The van der Waals surface area contributed by atoms with Gasteiger partial charge >= 0.3 is 0 Å². The second-order valence-electron chi connectivity index (χ2n) is 8.24. The van der Waals surface area contributed by atoms with E-state index in [4.69, 9.17) is 14.7 Å². The minimum atomic E-state index is 0.00106. The van der Waals surface area contributed by atoms with E-state index >= 15 is 0 Å². The molecule has 0 spiro atoms. The summed E-state index contributed by atoms with van der Waals surface area (Å²) in [4.78, 5) is 12.0. The van der Waals surface area contributed by atoms with Crippen molar-refractivity contribution in [3.8, 4) is 0 Å². The van der Waals surface area contributed by atoms with Crippen molar-refractivity contribution in [3.63, 3.8) is 0 Å². The number of rotatable bonds is 5. The first-order chi connectivity index (χ1) is 12.7. The second-order valence-corrected chi connectivity index (χ2v) is 8.24. The third-order valence-electron chi connectivity index (χ3n) is 6.54. The van der Waals surface area contributed by atoms with Gasteiger partial charge in [0.15, 0.2) is 0 Å². The average Bonchev–Trinajstić information content (AvgIpc) is 3.17. The van der Waals surface area contributed by atoms with E-state index in [1.54, 1.807) is 0 Å². The van der Waals surface area contributed by atoms with Gasteiger partial charge in [-0.3, -0.25) is 0 Å². The zero-order chi connectivity index (χ0) is 18.0. The number of ether oxygens (including phenoxy) is 1. The van der Waals surface area contributed by atoms with Crippen molar-refractivity contribution < 1.29 is 9.84 Å². The monoisotopic (exact) mass is 360 g/mol. The van der Waals surface area contributed by atoms with E-state index in [0.717, 1.165) is 70.0 Å². The first-order valence-corrected chi connectivity index (χ1v) is 10.3. The number of piperidine rings is 1. The summed E-state index contributed by atoms with van der Waals surface area (Å²) in [5, 5.41) is 13.4. The predicted octanol–water partition coefficient (Wildman–Crippen LogP) is 2.55. The Labute approximate surface area is 156 Å². The molecule has 1 aliphatic carbocycles. The Morgan fingerprint density at radius 2 is 2.04 bits per heavy atom. The minimum Gasteiger partial charge on any atom is -0.396 e. The molecule has 1 aromatic rings. The van der Waals surface area contributed by atoms with Crippen molar-refractivity contribution in [1.82, 2.24) is 9.97 Å². The van der Waals surface area contributed by atoms with Crippen LogP contribution in [0.5, 0.6) is 0 Å². The molecule has 26 heavy (non-hydrogen) atoms. The molecule has 2 saturated heterocycles. The highest BCUT2D eigenvalue weighted by molar-refractivity contribution is 5.52. The van der Waals surface area contributed by atoms with Gasteiger partial charge in [-0.05, 0) is 63.2 Å². The first-order valence-electron chi connectivity index (χ1n) is 10.3. The highest BCUT2D eigenvalue weighted by Gasteiger charge is 2.38. The van der Waals surface area contributed by atoms with Gasteiger partial charge in [0, 0.05) is 38.9 Å². The van der Waals surface area contributed by atoms with E-state index in [-0.39, 0.29) is 12.0 Å². The molecule has 6 heteroatoms. The van der Waals surface area contributed by atoms with Crippen molar-refractivity contribution in [2.75, 3.05) is 43.6 Å². The second kappa shape index (κ2) is 7.69. The fourth-order valence-electron chi connectivity index (χ4n) is 4.83. The number of hydrogen-bond acceptors (Lipinski definition) is 6. The minimum absolute atomic E-state index is 0.00106. The largest absolute Gasteiger partial charge is 0.396 e. The topological polar surface area (TPSA) is 70.5 Å². The molecule has 2 N–H and O–H groups in total. The number of aryl methyl sites for hydroxylation is 1. The van der Waals surface area contributed by atoms with Gasteiger partial charge in [-0.25, -0.2) is 4.98 Å². The van der Waals surface area contributed by atoms with Gasteiger partial charge in [0.25, 0.3) is 0 Å². The smallest absolute Gasteiger partial charge is 0.227 e. The van der Waals surface area contributed by atoms with Crippen molar-refractivity contribution in [2.24, 2.45) is 5.41 Å². The van der Waals surface area contributed by atoms with E-state index in [9.17, 15) is 5.11 Å². The molecule has 0 amide bonds. The Kier molecular flexibility index (Phi) is 5.32. The van der Waals surface area contributed by atoms with Crippen LogP contribution in [-0.2, 0) is 17.6 Å². The number of aromatic nitrogens is 2. The lowest BCUT2D eigenvalue weighted by atomic mass is 9.74. The molecule has 0 bridgehead atoms. The molecular formula is C20H32N4O2. The number of fused-ring (bicyclic) bond motifs is 1. The van der Waals surface area contributed by atoms with Gasteiger partial charge in [0.2, 0.25) is 5.95 Å². The number of nitrogens with zero attached hydrogens (tertiary/aromatic N) is 3. The van der Waals surface area contributed by atoms with Gasteiger partial charge in [0.05, 0.1) is 11.8 Å². The normalized spacial score (nSPS) is 25.2. The summed E-state index contributed by atoms with van der Waals surface area (Å²) in [6, 6.07) is 0. The molecular weight excluding hydrogens is 328 g/mol. The van der Waals surface area contributed by atoms with Crippen LogP contribution in [0.25, 0.3) is 0 Å². The maximum Gasteiger partial charge on any atom is 0.227 e. The third kappa shape index (κ3) is 3.54. The van der Waals surface area contributed by atoms with Crippen LogP contribution in [0, 0.1) is 5.41 Å². The zero-order valence-corrected chi connectivity index (χ0v) is 16.0. The number of hydrogen-bond donors (Lipinski definition) is 2. The number of anilines is 2. The Morgan fingerprint density at radius 1 is 1.19 bits per heavy atom. The van der Waals surface area contributed by atoms with Crippen LogP contribution in [0.1, 0.15) is 56.2 Å². The van der Waals surface area contributed by atoms with E-state index in [0.29, 0.717) is 6.10 Å². The first kappa shape index (κ1) is 18.0. The van der Waals surface area contributed by atoms with E-state index in [2.05, 4.69) is 10.2 Å². The molecule has 6 nitrogen and oxygen atoms in total. The van der Waals surface area contributed by atoms with Gasteiger partial charge in [-0.15, -0.1) is 0 Å². The van der Waals surface area contributed by atoms with Gasteiger partial charge in [0.1, 0.15) is 5.82 Å². The molecule has 0 aromatic carbocycles. The van der Waals surface area contributed by atoms with Crippen LogP contribution in [-0.4, -0.2) is 54.5 Å². The van der Waals surface area contributed by atoms with Crippen LogP contribution < -0.4 is 10.2 Å². The van der Waals surface area contributed by atoms with Crippen LogP contribution in [0.15, 0.2) is 0 Å². The molecule has 0 radical (unpaired) electrons. The molecule has 3 heterocycles. The van der Waals surface area contributed by atoms with Gasteiger partial charge in [-0.2, -0.15) is 4.98 Å². The summed E-state index contributed by atoms with van der Waals surface area (Å²) >= 11 is 0. The Balaban J connectivity index is 1.44. The van der Waals surface area contributed by atoms with E-state index in [1.807, 2.05) is 7.05 Å². The Bertz CT molecular complexity index is 622. The average molecular weight is 361 g/mol. The van der Waals surface area contributed by atoms with Gasteiger partial charge < -0.3 is 20.1 Å². The number of nitrogens with one attached hydrogen (secondary N) is 1. The number of aliphatic hydroxyl groups excluding tert-OH is 1. The highest BCUT2D eigenvalue weighted by Crippen LogP contribution is 2.39. The van der Waals surface area contributed by atoms with Crippen LogP contribution >= 0.6 is 0 Å². The van der Waals surface area contributed by atoms with Crippen molar-refractivity contribution in [1.29, 1.82) is 0 Å². The summed E-state index contributed by atoms with van der Waals surface area (Å²) in [6.45, 7) is 2.96. The van der Waals surface area contributed by atoms with Crippen molar-refractivity contribution in [3.05, 3.63) is 11.3 Å². The Morgan fingerprint density at radius 3 is 2.73 bits per heavy atom. The lowest BCUT2D eigenvalue weighted by Gasteiger charge is -2.43. The zero-order valence-electron chi connectivity index (χ0n) is 16.0. The summed E-state index contributed by atoms with van der Waals surface area (Å²) in [5.74, 6) is 1.85. The summed E-state index contributed by atoms with van der Waals surface area (Å²) < 4.78 is 5.94. The lowest BCUT2D eigenvalue weighted by Crippen LogP contribution is -2.45. The maximum absolute atomic E-state index is 10.1. The van der Waals surface area contributed by atoms with E-state index in [1.165, 1.54) is 30.5 Å². The van der Waals surface area contributed by atoms with Crippen LogP contribution in [0.4, 0.5) is 11.8 Å². The molecule has 1 unspecified atom stereocenters. The fraction of sp³-hybridized carbons (Fsp3) is 0.800. The van der Waals surface area contributed by atoms with Crippen molar-refractivity contribution >= 4 is 11.8 Å². The highest BCUT2D eigenvalue weighted by atomic mass is 16.5. The summed E-state index contributed by atoms with van der Waals surface area (Å²) in [7, 11) is 1.95. The van der Waals surface area contributed by atoms with Gasteiger partial charge in [-0.1, -0.05) is 0 Å². The Hall–Kier alpha value is -1.40. The van der Waals surface area contributed by atoms with Crippen molar-refractivity contribution in [2.45, 2.75) is 63.9 Å². The molecule has 1 atom stereocenters. The third-order valence-corrected chi connectivity index (χ3v) is 6.54. The molecule has 0 saturated carbocycles. The lowest BCUT2D eigenvalue weighted by molar-refractivity contribution is -0.0355. The van der Waals surface area contributed by atoms with Crippen LogP contribution in [0.3, 0.4) is 0 Å². The SMILES string of the molecule is CNc1nc(N2CCC(CO)(CC3CCCCO3)CC2)nc2c1CCC2. The standard InChI is InChI=1S/C20H32N4O2/c1-21-18-16-6-4-7-17(16)22-19(23-18)24-10-8-20(14-25,9-11-24)13-15-5-2-3-12-26-15/h15,25H,2-14H2,1H3,(H,21,22,23). The predicted molar refractivity (Wildman–Crippen MR) is 103 cm³/mol. The summed E-state index contributed by atoms with van der Waals surface area (Å²) in [5.41, 5.74) is 2.52. The molecule has 2 aliphatic heterocycles. The number of aliphatic hydroxyl groups is 1. The van der Waals surface area contributed by atoms with Crippen LogP contribution in [0.2, 0.25) is 0 Å². The maximum atomic E-state index is 10.1. The molecule has 1 aromatic heterocycles.